The van der Waals surface area contributed by atoms with Crippen molar-refractivity contribution < 1.29 is 12.6 Å². The van der Waals surface area contributed by atoms with Crippen molar-refractivity contribution in [2.45, 2.75) is 18.2 Å². The highest BCUT2D eigenvalue weighted by molar-refractivity contribution is 9.10. The highest BCUT2D eigenvalue weighted by atomic mass is 79.9. The van der Waals surface area contributed by atoms with E-state index >= 15 is 0 Å². The van der Waals surface area contributed by atoms with Crippen LogP contribution in [0.3, 0.4) is 0 Å². The quantitative estimate of drug-likeness (QED) is 0.595. The largest absolute Gasteiger partial charge is 0.296 e. The van der Waals surface area contributed by atoms with Gasteiger partial charge in [0.05, 0.1) is 17.0 Å². The van der Waals surface area contributed by atoms with E-state index in [1.807, 2.05) is 37.3 Å². The minimum Gasteiger partial charge on any atom is -0.266 e. The van der Waals surface area contributed by atoms with Crippen molar-refractivity contribution in [1.82, 2.24) is 4.98 Å². The zero-order chi connectivity index (χ0) is 17.2. The van der Waals surface area contributed by atoms with Gasteiger partial charge in [0.15, 0.2) is 0 Å². The first-order chi connectivity index (χ1) is 11.4. The first kappa shape index (κ1) is 17.1. The van der Waals surface area contributed by atoms with Crippen LogP contribution in [-0.2, 0) is 20.7 Å². The normalized spacial score (nSPS) is 11.8. The van der Waals surface area contributed by atoms with E-state index in [0.717, 1.165) is 26.6 Å². The third-order valence-corrected chi connectivity index (χ3v) is 5.43. The van der Waals surface area contributed by atoms with Crippen LogP contribution in [0.5, 0.6) is 0 Å². The Balaban J connectivity index is 1.67. The molecule has 0 bridgehead atoms. The van der Waals surface area contributed by atoms with Crippen molar-refractivity contribution in [2.24, 2.45) is 0 Å². The van der Waals surface area contributed by atoms with Crippen LogP contribution in [0.1, 0.15) is 11.3 Å². The standard InChI is InChI=1S/C18H16BrNO3S/c1-13-2-7-17(8-3-13)24(21,22)23-11-10-16-6-4-14-12-15(19)5-9-18(14)20-16/h2-9,12H,10-11H2,1H3. The molecule has 24 heavy (non-hydrogen) atoms. The molecule has 0 radical (unpaired) electrons. The van der Waals surface area contributed by atoms with Crippen molar-refractivity contribution in [3.63, 3.8) is 0 Å². The number of hydrogen-bond donors (Lipinski definition) is 0. The van der Waals surface area contributed by atoms with Gasteiger partial charge in [-0.25, -0.2) is 0 Å². The molecule has 0 aliphatic rings. The Morgan fingerprint density at radius 1 is 1.04 bits per heavy atom. The second-order valence-electron chi connectivity index (χ2n) is 5.48. The fourth-order valence-electron chi connectivity index (χ4n) is 2.31. The molecule has 0 aliphatic carbocycles. The Morgan fingerprint density at radius 2 is 1.79 bits per heavy atom. The Labute approximate surface area is 149 Å². The van der Waals surface area contributed by atoms with Crippen LogP contribution < -0.4 is 0 Å². The summed E-state index contributed by atoms with van der Waals surface area (Å²) in [4.78, 5) is 4.70. The molecular formula is C18H16BrNO3S. The second-order valence-corrected chi connectivity index (χ2v) is 8.01. The van der Waals surface area contributed by atoms with Gasteiger partial charge in [-0.1, -0.05) is 39.7 Å². The van der Waals surface area contributed by atoms with Crippen molar-refractivity contribution in [1.29, 1.82) is 0 Å². The summed E-state index contributed by atoms with van der Waals surface area (Å²) >= 11 is 3.43. The van der Waals surface area contributed by atoms with Gasteiger partial charge < -0.3 is 0 Å². The number of fused-ring (bicyclic) bond motifs is 1. The third-order valence-electron chi connectivity index (χ3n) is 3.62. The highest BCUT2D eigenvalue weighted by Gasteiger charge is 2.14. The van der Waals surface area contributed by atoms with Crippen LogP contribution in [0.25, 0.3) is 10.9 Å². The predicted octanol–water partition coefficient (Wildman–Crippen LogP) is 4.25. The van der Waals surface area contributed by atoms with Gasteiger partial charge in [0.2, 0.25) is 0 Å². The number of benzene rings is 2. The lowest BCUT2D eigenvalue weighted by atomic mass is 10.2. The molecule has 3 aromatic rings. The molecule has 2 aromatic carbocycles. The molecule has 0 saturated carbocycles. The summed E-state index contributed by atoms with van der Waals surface area (Å²) in [6, 6.07) is 16.3. The van der Waals surface area contributed by atoms with Gasteiger partial charge in [-0.15, -0.1) is 0 Å². The molecule has 4 nitrogen and oxygen atoms in total. The van der Waals surface area contributed by atoms with E-state index in [9.17, 15) is 8.42 Å². The topological polar surface area (TPSA) is 56.3 Å². The van der Waals surface area contributed by atoms with Crippen molar-refractivity contribution in [2.75, 3.05) is 6.61 Å². The van der Waals surface area contributed by atoms with Crippen molar-refractivity contribution in [3.05, 3.63) is 70.3 Å². The monoisotopic (exact) mass is 405 g/mol. The molecule has 0 N–H and O–H groups in total. The number of pyridine rings is 1. The first-order valence-electron chi connectivity index (χ1n) is 7.45. The molecule has 0 atom stereocenters. The maximum atomic E-state index is 12.1. The fraction of sp³-hybridized carbons (Fsp3) is 0.167. The van der Waals surface area contributed by atoms with Crippen LogP contribution in [0, 0.1) is 6.92 Å². The summed E-state index contributed by atoms with van der Waals surface area (Å²) in [6.45, 7) is 1.96. The minimum absolute atomic E-state index is 0.0608. The smallest absolute Gasteiger partial charge is 0.266 e. The van der Waals surface area contributed by atoms with E-state index in [1.165, 1.54) is 0 Å². The third kappa shape index (κ3) is 4.01. The molecule has 0 unspecified atom stereocenters. The van der Waals surface area contributed by atoms with Gasteiger partial charge in [-0.2, -0.15) is 8.42 Å². The van der Waals surface area contributed by atoms with Gasteiger partial charge in [0.1, 0.15) is 0 Å². The van der Waals surface area contributed by atoms with Crippen molar-refractivity contribution in [3.8, 4) is 0 Å². The lowest BCUT2D eigenvalue weighted by Gasteiger charge is -2.07. The number of aryl methyl sites for hydroxylation is 1. The van der Waals surface area contributed by atoms with E-state index in [0.29, 0.717) is 6.42 Å². The molecule has 1 aromatic heterocycles. The molecule has 3 rings (SSSR count). The average Bonchev–Trinajstić information content (AvgIpc) is 2.55. The van der Waals surface area contributed by atoms with Crippen LogP contribution in [0.15, 0.2) is 64.0 Å². The number of rotatable bonds is 5. The van der Waals surface area contributed by atoms with E-state index in [4.69, 9.17) is 4.18 Å². The van der Waals surface area contributed by atoms with Gasteiger partial charge in [0, 0.05) is 22.0 Å². The lowest BCUT2D eigenvalue weighted by molar-refractivity contribution is 0.321. The molecule has 0 fully saturated rings. The Bertz CT molecular complexity index is 969. The summed E-state index contributed by atoms with van der Waals surface area (Å²) in [5, 5.41) is 1.03. The molecule has 0 saturated heterocycles. The predicted molar refractivity (Wildman–Crippen MR) is 97.5 cm³/mol. The van der Waals surface area contributed by atoms with E-state index < -0.39 is 10.1 Å². The highest BCUT2D eigenvalue weighted by Crippen LogP contribution is 2.19. The maximum absolute atomic E-state index is 12.1. The molecule has 0 spiro atoms. The molecule has 0 aliphatic heterocycles. The number of nitrogens with zero attached hydrogens (tertiary/aromatic N) is 1. The summed E-state index contributed by atoms with van der Waals surface area (Å²) in [6.07, 6.45) is 0.428. The minimum atomic E-state index is -3.73. The summed E-state index contributed by atoms with van der Waals surface area (Å²) in [5.74, 6) is 0. The summed E-state index contributed by atoms with van der Waals surface area (Å²) in [5.41, 5.74) is 2.67. The van der Waals surface area contributed by atoms with Crippen molar-refractivity contribution >= 4 is 37.0 Å². The second kappa shape index (κ2) is 7.01. The molecule has 124 valence electrons. The lowest BCUT2D eigenvalue weighted by Crippen LogP contribution is -2.09. The summed E-state index contributed by atoms with van der Waals surface area (Å²) in [7, 11) is -3.73. The number of halogens is 1. The Morgan fingerprint density at radius 3 is 2.54 bits per heavy atom. The number of aromatic nitrogens is 1. The molecule has 0 amide bonds. The average molecular weight is 406 g/mol. The Kier molecular flexibility index (Phi) is 4.99. The van der Waals surface area contributed by atoms with Crippen LogP contribution in [0.2, 0.25) is 0 Å². The summed E-state index contributed by atoms with van der Waals surface area (Å²) < 4.78 is 30.4. The van der Waals surface area contributed by atoms with Gasteiger partial charge in [-0.3, -0.25) is 9.17 Å². The first-order valence-corrected chi connectivity index (χ1v) is 9.65. The molecular weight excluding hydrogens is 390 g/mol. The van der Waals surface area contributed by atoms with Gasteiger partial charge >= 0.3 is 0 Å². The van der Waals surface area contributed by atoms with Gasteiger partial charge in [0.25, 0.3) is 10.1 Å². The maximum Gasteiger partial charge on any atom is 0.296 e. The number of hydrogen-bond acceptors (Lipinski definition) is 4. The zero-order valence-corrected chi connectivity index (χ0v) is 15.5. The SMILES string of the molecule is Cc1ccc(S(=O)(=O)OCCc2ccc3cc(Br)ccc3n2)cc1. The van der Waals surface area contributed by atoms with E-state index in [2.05, 4.69) is 20.9 Å². The van der Waals surface area contributed by atoms with Crippen LogP contribution >= 0.6 is 15.9 Å². The van der Waals surface area contributed by atoms with E-state index in [1.54, 1.807) is 24.3 Å². The fourth-order valence-corrected chi connectivity index (χ4v) is 3.59. The zero-order valence-electron chi connectivity index (χ0n) is 13.1. The Hall–Kier alpha value is -1.76. The van der Waals surface area contributed by atoms with Crippen LogP contribution in [-0.4, -0.2) is 20.0 Å². The molecule has 1 heterocycles. The molecule has 6 heteroatoms. The van der Waals surface area contributed by atoms with Gasteiger partial charge in [-0.05, 0) is 43.3 Å². The van der Waals surface area contributed by atoms with E-state index in [-0.39, 0.29) is 11.5 Å². The van der Waals surface area contributed by atoms with Crippen LogP contribution in [0.4, 0.5) is 0 Å².